The second-order valence-corrected chi connectivity index (χ2v) is 6.03. The minimum absolute atomic E-state index is 0.0884. The van der Waals surface area contributed by atoms with Gasteiger partial charge in [-0.25, -0.2) is 0 Å². The quantitative estimate of drug-likeness (QED) is 0.368. The van der Waals surface area contributed by atoms with E-state index < -0.39 is 5.91 Å². The highest BCUT2D eigenvalue weighted by atomic mass is 35.5. The van der Waals surface area contributed by atoms with Gasteiger partial charge in [0.15, 0.2) is 5.11 Å². The first-order valence-corrected chi connectivity index (χ1v) is 8.40. The van der Waals surface area contributed by atoms with E-state index in [4.69, 9.17) is 23.8 Å². The van der Waals surface area contributed by atoms with Gasteiger partial charge in [-0.15, -0.1) is 0 Å². The molecule has 134 valence electrons. The average molecular weight is 389 g/mol. The second kappa shape index (κ2) is 9.55. The molecule has 0 fully saturated rings. The molecule has 0 aliphatic carbocycles. The number of hydrogen-bond acceptors (Lipinski definition) is 3. The highest BCUT2D eigenvalue weighted by molar-refractivity contribution is 7.80. The Morgan fingerprint density at radius 2 is 1.65 bits per heavy atom. The summed E-state index contributed by atoms with van der Waals surface area (Å²) in [7, 11) is 0. The van der Waals surface area contributed by atoms with Crippen LogP contribution in [0, 0.1) is 0 Å². The molecule has 0 radical (unpaired) electrons. The zero-order valence-corrected chi connectivity index (χ0v) is 15.4. The number of rotatable bonds is 4. The normalized spacial score (nSPS) is 10.6. The van der Waals surface area contributed by atoms with Crippen molar-refractivity contribution in [1.82, 2.24) is 16.2 Å². The molecule has 6 nitrogen and oxygen atoms in total. The van der Waals surface area contributed by atoms with Crippen LogP contribution in [0.15, 0.2) is 60.3 Å². The monoisotopic (exact) mass is 388 g/mol. The number of carbonyl (C=O) groups is 2. The average Bonchev–Trinajstić information content (AvgIpc) is 2.61. The van der Waals surface area contributed by atoms with Crippen LogP contribution in [0.5, 0.6) is 0 Å². The Labute approximate surface area is 161 Å². The van der Waals surface area contributed by atoms with Gasteiger partial charge in [-0.3, -0.25) is 20.4 Å². The maximum absolute atomic E-state index is 12.3. The minimum Gasteiger partial charge on any atom is -0.331 e. The van der Waals surface area contributed by atoms with Crippen molar-refractivity contribution in [3.8, 4) is 0 Å². The predicted octanol–water partition coefficient (Wildman–Crippen LogP) is 2.83. The summed E-state index contributed by atoms with van der Waals surface area (Å²) in [5, 5.41) is 6.18. The van der Waals surface area contributed by atoms with Crippen LogP contribution in [0.3, 0.4) is 0 Å². The van der Waals surface area contributed by atoms with E-state index in [-0.39, 0.29) is 16.7 Å². The molecule has 2 amide bonds. The molecule has 0 spiro atoms. The van der Waals surface area contributed by atoms with E-state index in [1.165, 1.54) is 6.92 Å². The van der Waals surface area contributed by atoms with Crippen molar-refractivity contribution in [2.24, 2.45) is 0 Å². The van der Waals surface area contributed by atoms with Crippen molar-refractivity contribution in [3.63, 3.8) is 0 Å². The van der Waals surface area contributed by atoms with Gasteiger partial charge in [0.1, 0.15) is 5.70 Å². The fraction of sp³-hybridized carbons (Fsp3) is 0.0556. The second-order valence-electron chi connectivity index (χ2n) is 5.19. The molecule has 0 aliphatic rings. The van der Waals surface area contributed by atoms with Gasteiger partial charge in [0, 0.05) is 17.6 Å². The summed E-state index contributed by atoms with van der Waals surface area (Å²) < 4.78 is 0. The van der Waals surface area contributed by atoms with Crippen molar-refractivity contribution in [2.45, 2.75) is 6.92 Å². The molecule has 26 heavy (non-hydrogen) atoms. The summed E-state index contributed by atoms with van der Waals surface area (Å²) >= 11 is 10.9. The third-order valence-corrected chi connectivity index (χ3v) is 3.51. The van der Waals surface area contributed by atoms with Crippen LogP contribution in [-0.2, 0) is 9.59 Å². The summed E-state index contributed by atoms with van der Waals surface area (Å²) in [4.78, 5) is 23.7. The highest BCUT2D eigenvalue weighted by Crippen LogP contribution is 2.13. The number of hydrogen-bond donors (Lipinski definition) is 4. The Kier molecular flexibility index (Phi) is 7.13. The van der Waals surface area contributed by atoms with E-state index in [0.717, 1.165) is 5.56 Å². The molecular weight excluding hydrogens is 372 g/mol. The Bertz CT molecular complexity index is 823. The van der Waals surface area contributed by atoms with Crippen molar-refractivity contribution in [1.29, 1.82) is 0 Å². The summed E-state index contributed by atoms with van der Waals surface area (Å²) in [6.07, 6.45) is 1.56. The van der Waals surface area contributed by atoms with Gasteiger partial charge in [-0.1, -0.05) is 41.9 Å². The van der Waals surface area contributed by atoms with Gasteiger partial charge < -0.3 is 10.6 Å². The number of hydrazine groups is 1. The molecular formula is C18H17ClN4O2S. The molecule has 8 heteroatoms. The van der Waals surface area contributed by atoms with E-state index in [2.05, 4.69) is 21.5 Å². The van der Waals surface area contributed by atoms with Crippen molar-refractivity contribution in [2.75, 3.05) is 5.32 Å². The number of anilines is 1. The van der Waals surface area contributed by atoms with Gasteiger partial charge in [0.2, 0.25) is 5.91 Å². The van der Waals surface area contributed by atoms with Crippen LogP contribution in [0.25, 0.3) is 6.08 Å². The number of nitrogens with one attached hydrogen (secondary N) is 4. The van der Waals surface area contributed by atoms with Crippen molar-refractivity contribution >= 4 is 52.5 Å². The first-order valence-electron chi connectivity index (χ1n) is 7.61. The van der Waals surface area contributed by atoms with Gasteiger partial charge in [0.25, 0.3) is 5.91 Å². The molecule has 0 atom stereocenters. The fourth-order valence-electron chi connectivity index (χ4n) is 1.94. The molecule has 0 aromatic heterocycles. The molecule has 0 unspecified atom stereocenters. The lowest BCUT2D eigenvalue weighted by molar-refractivity contribution is -0.122. The Hall–Kier alpha value is -2.90. The van der Waals surface area contributed by atoms with Crippen LogP contribution >= 0.6 is 23.8 Å². The van der Waals surface area contributed by atoms with Crippen molar-refractivity contribution < 1.29 is 9.59 Å². The SMILES string of the molecule is CC(=O)N/C(=C\c1ccccc1)C(=O)NNC(=S)Nc1ccc(Cl)cc1. The number of amides is 2. The highest BCUT2D eigenvalue weighted by Gasteiger charge is 2.11. The summed E-state index contributed by atoms with van der Waals surface area (Å²) in [5.41, 5.74) is 6.59. The lowest BCUT2D eigenvalue weighted by atomic mass is 10.2. The van der Waals surface area contributed by atoms with E-state index in [1.54, 1.807) is 30.3 Å². The molecule has 0 bridgehead atoms. The van der Waals surface area contributed by atoms with Gasteiger partial charge in [-0.2, -0.15) is 0 Å². The molecule has 0 heterocycles. The van der Waals surface area contributed by atoms with Crippen molar-refractivity contribution in [3.05, 3.63) is 70.9 Å². The van der Waals surface area contributed by atoms with Crippen LogP contribution < -0.4 is 21.5 Å². The standard InChI is InChI=1S/C18H17ClN4O2S/c1-12(24)20-16(11-13-5-3-2-4-6-13)17(25)22-23-18(26)21-15-9-7-14(19)8-10-15/h2-11H,1H3,(H,20,24)(H,22,25)(H2,21,23,26)/b16-11-. The summed E-state index contributed by atoms with van der Waals surface area (Å²) in [6, 6.07) is 16.1. The lowest BCUT2D eigenvalue weighted by Gasteiger charge is -2.13. The molecule has 4 N–H and O–H groups in total. The largest absolute Gasteiger partial charge is 0.331 e. The molecule has 0 saturated heterocycles. The van der Waals surface area contributed by atoms with Crippen LogP contribution in [-0.4, -0.2) is 16.9 Å². The van der Waals surface area contributed by atoms with E-state index >= 15 is 0 Å². The Morgan fingerprint density at radius 3 is 2.27 bits per heavy atom. The third-order valence-electron chi connectivity index (χ3n) is 3.06. The topological polar surface area (TPSA) is 82.3 Å². The minimum atomic E-state index is -0.538. The predicted molar refractivity (Wildman–Crippen MR) is 107 cm³/mol. The lowest BCUT2D eigenvalue weighted by Crippen LogP contribution is -2.46. The van der Waals surface area contributed by atoms with E-state index in [9.17, 15) is 9.59 Å². The third kappa shape index (κ3) is 6.54. The van der Waals surface area contributed by atoms with E-state index in [1.807, 2.05) is 30.3 Å². The van der Waals surface area contributed by atoms with Crippen LogP contribution in [0.1, 0.15) is 12.5 Å². The Morgan fingerprint density at radius 1 is 1.00 bits per heavy atom. The molecule has 2 aromatic carbocycles. The summed E-state index contributed by atoms with van der Waals surface area (Å²) in [6.45, 7) is 1.33. The summed E-state index contributed by atoms with van der Waals surface area (Å²) in [5.74, 6) is -0.895. The van der Waals surface area contributed by atoms with Crippen LogP contribution in [0.4, 0.5) is 5.69 Å². The van der Waals surface area contributed by atoms with Gasteiger partial charge >= 0.3 is 0 Å². The van der Waals surface area contributed by atoms with E-state index in [0.29, 0.717) is 10.7 Å². The molecule has 0 aliphatic heterocycles. The number of halogens is 1. The maximum atomic E-state index is 12.3. The molecule has 0 saturated carbocycles. The first kappa shape index (κ1) is 19.4. The zero-order chi connectivity index (χ0) is 18.9. The first-order chi connectivity index (χ1) is 12.4. The molecule has 2 aromatic rings. The van der Waals surface area contributed by atoms with Gasteiger partial charge in [0.05, 0.1) is 0 Å². The number of carbonyl (C=O) groups excluding carboxylic acids is 2. The number of thiocarbonyl (C=S) groups is 1. The van der Waals surface area contributed by atoms with Crippen LogP contribution in [0.2, 0.25) is 5.02 Å². The fourth-order valence-corrected chi connectivity index (χ4v) is 2.24. The smallest absolute Gasteiger partial charge is 0.286 e. The van der Waals surface area contributed by atoms with Gasteiger partial charge in [-0.05, 0) is 48.1 Å². The number of benzene rings is 2. The molecule has 2 rings (SSSR count). The maximum Gasteiger partial charge on any atom is 0.286 e. The zero-order valence-electron chi connectivity index (χ0n) is 13.9. The Balaban J connectivity index is 1.98.